The first-order valence-corrected chi connectivity index (χ1v) is 8.53. The Morgan fingerprint density at radius 2 is 2.10 bits per heavy atom. The van der Waals surface area contributed by atoms with Crippen molar-refractivity contribution in [1.82, 2.24) is 9.29 Å². The molecule has 1 saturated heterocycles. The summed E-state index contributed by atoms with van der Waals surface area (Å²) in [6.45, 7) is 4.57. The van der Waals surface area contributed by atoms with Gasteiger partial charge in [-0.1, -0.05) is 18.5 Å². The van der Waals surface area contributed by atoms with E-state index >= 15 is 0 Å². The van der Waals surface area contributed by atoms with Gasteiger partial charge in [0.25, 0.3) is 0 Å². The second-order valence-electron chi connectivity index (χ2n) is 5.36. The molecule has 5 nitrogen and oxygen atoms in total. The van der Waals surface area contributed by atoms with Gasteiger partial charge in [-0.2, -0.15) is 4.31 Å². The maximum atomic E-state index is 12.7. The average molecular weight is 318 g/mol. The first kappa shape index (κ1) is 15.5. The second kappa shape index (κ2) is 5.87. The number of hydrogen-bond acceptors (Lipinski definition) is 4. The zero-order valence-corrected chi connectivity index (χ0v) is 13.5. The van der Waals surface area contributed by atoms with Gasteiger partial charge >= 0.3 is 0 Å². The Kier molecular flexibility index (Phi) is 4.56. The van der Waals surface area contributed by atoms with Gasteiger partial charge in [-0.3, -0.25) is 0 Å². The molecule has 0 aromatic carbocycles. The van der Waals surface area contributed by atoms with E-state index in [2.05, 4.69) is 17.2 Å². The molecule has 1 aliphatic rings. The maximum absolute atomic E-state index is 12.7. The Balaban J connectivity index is 2.36. The fourth-order valence-electron chi connectivity index (χ4n) is 2.46. The number of aromatic nitrogens is 1. The molecule has 20 heavy (non-hydrogen) atoms. The van der Waals surface area contributed by atoms with Crippen molar-refractivity contribution in [2.45, 2.75) is 37.6 Å². The fraction of sp³-hybridized carbons (Fsp3) is 0.615. The third kappa shape index (κ3) is 2.92. The highest BCUT2D eigenvalue weighted by Gasteiger charge is 2.33. The van der Waals surface area contributed by atoms with E-state index in [0.717, 1.165) is 12.8 Å². The zero-order valence-electron chi connectivity index (χ0n) is 11.9. The van der Waals surface area contributed by atoms with E-state index in [0.29, 0.717) is 23.3 Å². The number of rotatable bonds is 3. The molecule has 0 radical (unpaired) electrons. The van der Waals surface area contributed by atoms with Crippen LogP contribution in [0.4, 0.5) is 5.82 Å². The van der Waals surface area contributed by atoms with Crippen LogP contribution in [0.3, 0.4) is 0 Å². The third-order valence-electron chi connectivity index (χ3n) is 3.72. The predicted octanol–water partition coefficient (Wildman–Crippen LogP) is 2.59. The van der Waals surface area contributed by atoms with Crippen molar-refractivity contribution in [1.29, 1.82) is 0 Å². The highest BCUT2D eigenvalue weighted by Crippen LogP contribution is 2.29. The lowest BCUT2D eigenvalue weighted by Crippen LogP contribution is -2.44. The summed E-state index contributed by atoms with van der Waals surface area (Å²) in [4.78, 5) is 4.21. The molecular weight excluding hydrogens is 298 g/mol. The van der Waals surface area contributed by atoms with Crippen molar-refractivity contribution >= 4 is 27.4 Å². The van der Waals surface area contributed by atoms with Gasteiger partial charge in [0, 0.05) is 25.8 Å². The maximum Gasteiger partial charge on any atom is 0.244 e. The molecule has 1 aliphatic heterocycles. The standard InChI is InChI=1S/C13H20ClN3O2S/c1-9-4-5-10(2)17(8-9)20(18,19)11-6-12(14)13(15-3)16-7-11/h6-7,9-10H,4-5,8H2,1-3H3,(H,15,16). The van der Waals surface area contributed by atoms with E-state index in [4.69, 9.17) is 11.6 Å². The summed E-state index contributed by atoms with van der Waals surface area (Å²) in [6, 6.07) is 1.47. The van der Waals surface area contributed by atoms with Crippen LogP contribution in [-0.2, 0) is 10.0 Å². The van der Waals surface area contributed by atoms with Crippen LogP contribution in [0.5, 0.6) is 0 Å². The molecule has 0 spiro atoms. The van der Waals surface area contributed by atoms with Gasteiger partial charge < -0.3 is 5.32 Å². The van der Waals surface area contributed by atoms with Gasteiger partial charge in [0.2, 0.25) is 10.0 Å². The number of hydrogen-bond donors (Lipinski definition) is 1. The van der Waals surface area contributed by atoms with Crippen molar-refractivity contribution in [2.75, 3.05) is 18.9 Å². The smallest absolute Gasteiger partial charge is 0.244 e. The van der Waals surface area contributed by atoms with Crippen LogP contribution in [0.1, 0.15) is 26.7 Å². The number of pyridine rings is 1. The van der Waals surface area contributed by atoms with E-state index in [9.17, 15) is 8.42 Å². The molecule has 2 heterocycles. The molecule has 0 amide bonds. The van der Waals surface area contributed by atoms with Crippen molar-refractivity contribution < 1.29 is 8.42 Å². The summed E-state index contributed by atoms with van der Waals surface area (Å²) in [7, 11) is -1.84. The Labute approximate surface area is 125 Å². The summed E-state index contributed by atoms with van der Waals surface area (Å²) in [6.07, 6.45) is 3.31. The first-order valence-electron chi connectivity index (χ1n) is 6.71. The summed E-state index contributed by atoms with van der Waals surface area (Å²) < 4.78 is 27.0. The molecule has 7 heteroatoms. The van der Waals surface area contributed by atoms with Crippen molar-refractivity contribution in [2.24, 2.45) is 5.92 Å². The summed E-state index contributed by atoms with van der Waals surface area (Å²) in [5.41, 5.74) is 0. The number of nitrogens with one attached hydrogen (secondary N) is 1. The van der Waals surface area contributed by atoms with Gasteiger partial charge in [0.05, 0.1) is 5.02 Å². The van der Waals surface area contributed by atoms with E-state index in [1.807, 2.05) is 6.92 Å². The lowest BCUT2D eigenvalue weighted by Gasteiger charge is -2.35. The van der Waals surface area contributed by atoms with E-state index in [1.165, 1.54) is 12.3 Å². The van der Waals surface area contributed by atoms with Crippen molar-refractivity contribution in [3.63, 3.8) is 0 Å². The molecule has 0 saturated carbocycles. The molecule has 1 N–H and O–H groups in total. The van der Waals surface area contributed by atoms with Gasteiger partial charge in [-0.05, 0) is 31.7 Å². The van der Waals surface area contributed by atoms with Gasteiger partial charge in [-0.15, -0.1) is 0 Å². The molecule has 2 unspecified atom stereocenters. The monoisotopic (exact) mass is 317 g/mol. The lowest BCUT2D eigenvalue weighted by atomic mass is 9.97. The van der Waals surface area contributed by atoms with Crippen molar-refractivity contribution in [3.8, 4) is 0 Å². The second-order valence-corrected chi connectivity index (χ2v) is 7.66. The molecule has 2 rings (SSSR count). The fourth-order valence-corrected chi connectivity index (χ4v) is 4.54. The Bertz CT molecular complexity index is 591. The van der Waals surface area contributed by atoms with Crippen LogP contribution in [0, 0.1) is 5.92 Å². The molecule has 1 aromatic heterocycles. The number of sulfonamides is 1. The number of piperidine rings is 1. The molecule has 112 valence electrons. The highest BCUT2D eigenvalue weighted by molar-refractivity contribution is 7.89. The van der Waals surface area contributed by atoms with Crippen LogP contribution >= 0.6 is 11.6 Å². The molecular formula is C13H20ClN3O2S. The van der Waals surface area contributed by atoms with E-state index in [1.54, 1.807) is 11.4 Å². The Morgan fingerprint density at radius 1 is 1.40 bits per heavy atom. The lowest BCUT2D eigenvalue weighted by molar-refractivity contribution is 0.218. The average Bonchev–Trinajstić information content (AvgIpc) is 2.41. The van der Waals surface area contributed by atoms with E-state index in [-0.39, 0.29) is 10.9 Å². The van der Waals surface area contributed by atoms with Crippen molar-refractivity contribution in [3.05, 3.63) is 17.3 Å². The van der Waals surface area contributed by atoms with Crippen LogP contribution in [0.15, 0.2) is 17.2 Å². The summed E-state index contributed by atoms with van der Waals surface area (Å²) in [5.74, 6) is 0.853. The van der Waals surface area contributed by atoms with E-state index < -0.39 is 10.0 Å². The molecule has 1 aromatic rings. The number of nitrogens with zero attached hydrogens (tertiary/aromatic N) is 2. The largest absolute Gasteiger partial charge is 0.372 e. The summed E-state index contributed by atoms with van der Waals surface area (Å²) in [5, 5.41) is 3.13. The number of halogens is 1. The van der Waals surface area contributed by atoms with Crippen LogP contribution < -0.4 is 5.32 Å². The Morgan fingerprint density at radius 3 is 2.70 bits per heavy atom. The molecule has 0 bridgehead atoms. The number of anilines is 1. The van der Waals surface area contributed by atoms with Gasteiger partial charge in [-0.25, -0.2) is 13.4 Å². The minimum Gasteiger partial charge on any atom is -0.372 e. The minimum atomic E-state index is -3.53. The predicted molar refractivity (Wildman–Crippen MR) is 80.5 cm³/mol. The molecule has 2 atom stereocenters. The third-order valence-corrected chi connectivity index (χ3v) is 5.95. The van der Waals surface area contributed by atoms with Crippen LogP contribution in [-0.4, -0.2) is 37.3 Å². The molecule has 0 aliphatic carbocycles. The van der Waals surface area contributed by atoms with Gasteiger partial charge in [0.15, 0.2) is 0 Å². The first-order chi connectivity index (χ1) is 9.36. The minimum absolute atomic E-state index is 0.0129. The van der Waals surface area contributed by atoms with Crippen LogP contribution in [0.25, 0.3) is 0 Å². The van der Waals surface area contributed by atoms with Gasteiger partial charge in [0.1, 0.15) is 10.7 Å². The quantitative estimate of drug-likeness (QED) is 0.930. The normalized spacial score (nSPS) is 24.6. The highest BCUT2D eigenvalue weighted by atomic mass is 35.5. The summed E-state index contributed by atoms with van der Waals surface area (Å²) >= 11 is 6.03. The Hall–Kier alpha value is -0.850. The SMILES string of the molecule is CNc1ncc(S(=O)(=O)N2CC(C)CCC2C)cc1Cl. The van der Waals surface area contributed by atoms with Crippen LogP contribution in [0.2, 0.25) is 5.02 Å². The zero-order chi connectivity index (χ0) is 14.9. The molecule has 1 fully saturated rings. The topological polar surface area (TPSA) is 62.3 Å².